The third-order valence-corrected chi connectivity index (χ3v) is 2.38. The highest BCUT2D eigenvalue weighted by Gasteiger charge is 2.21. The molecule has 0 unspecified atom stereocenters. The van der Waals surface area contributed by atoms with Crippen LogP contribution in [0.2, 0.25) is 0 Å². The molecule has 1 N–H and O–H groups in total. The highest BCUT2D eigenvalue weighted by Crippen LogP contribution is 2.18. The Hall–Kier alpha value is -1.38. The van der Waals surface area contributed by atoms with Crippen LogP contribution in [0.4, 0.5) is 5.82 Å². The Morgan fingerprint density at radius 2 is 1.94 bits per heavy atom. The van der Waals surface area contributed by atoms with E-state index < -0.39 is 5.41 Å². The van der Waals surface area contributed by atoms with Gasteiger partial charge in [-0.2, -0.15) is 0 Å². The summed E-state index contributed by atoms with van der Waals surface area (Å²) in [5, 5.41) is 2.80. The number of carbonyl (C=O) groups excluding carboxylic acids is 1. The Labute approximate surface area is 97.3 Å². The van der Waals surface area contributed by atoms with Crippen molar-refractivity contribution in [2.75, 3.05) is 5.32 Å². The van der Waals surface area contributed by atoms with E-state index in [1.807, 2.05) is 39.1 Å². The molecule has 0 saturated carbocycles. The third kappa shape index (κ3) is 3.33. The van der Waals surface area contributed by atoms with Crippen LogP contribution in [0.25, 0.3) is 0 Å². The molecular weight excluding hydrogens is 200 g/mol. The molecule has 0 aromatic carbocycles. The molecule has 16 heavy (non-hydrogen) atoms. The van der Waals surface area contributed by atoms with E-state index in [1.165, 1.54) is 5.56 Å². The molecule has 0 aliphatic carbocycles. The monoisotopic (exact) mass is 220 g/mol. The zero-order valence-corrected chi connectivity index (χ0v) is 10.7. The lowest BCUT2D eigenvalue weighted by Crippen LogP contribution is -2.27. The van der Waals surface area contributed by atoms with E-state index in [0.717, 1.165) is 0 Å². The number of amides is 1. The number of nitrogens with zero attached hydrogens (tertiary/aromatic N) is 1. The smallest absolute Gasteiger partial charge is 0.230 e. The lowest BCUT2D eigenvalue weighted by molar-refractivity contribution is -0.123. The van der Waals surface area contributed by atoms with Crippen molar-refractivity contribution in [2.24, 2.45) is 5.41 Å². The fourth-order valence-electron chi connectivity index (χ4n) is 1.12. The lowest BCUT2D eigenvalue weighted by Gasteiger charge is -2.17. The van der Waals surface area contributed by atoms with Gasteiger partial charge in [0.25, 0.3) is 0 Å². The molecule has 0 aliphatic heterocycles. The molecule has 88 valence electrons. The number of nitrogens with one attached hydrogen (secondary N) is 1. The molecule has 0 aliphatic rings. The van der Waals surface area contributed by atoms with Crippen molar-refractivity contribution in [3.8, 4) is 0 Å². The molecule has 3 heteroatoms. The average molecular weight is 220 g/mol. The van der Waals surface area contributed by atoms with Crippen LogP contribution < -0.4 is 5.32 Å². The normalized spacial score (nSPS) is 11.6. The maximum Gasteiger partial charge on any atom is 0.230 e. The second-order valence-corrected chi connectivity index (χ2v) is 5.34. The van der Waals surface area contributed by atoms with Gasteiger partial charge in [-0.05, 0) is 17.5 Å². The van der Waals surface area contributed by atoms with Gasteiger partial charge in [0.2, 0.25) is 5.91 Å². The lowest BCUT2D eigenvalue weighted by atomic mass is 9.96. The van der Waals surface area contributed by atoms with Gasteiger partial charge in [0.05, 0.1) is 0 Å². The molecule has 0 atom stereocenters. The standard InChI is InChI=1S/C13H20N2O/c1-9(2)10-6-7-11(14-8-10)15-12(16)13(3,4)5/h6-9H,1-5H3,(H,14,15,16). The summed E-state index contributed by atoms with van der Waals surface area (Å²) in [6, 6.07) is 3.84. The van der Waals surface area contributed by atoms with Gasteiger partial charge in [-0.3, -0.25) is 4.79 Å². The average Bonchev–Trinajstić information content (AvgIpc) is 2.17. The second kappa shape index (κ2) is 4.64. The van der Waals surface area contributed by atoms with Crippen LogP contribution in [0.1, 0.15) is 46.1 Å². The van der Waals surface area contributed by atoms with Crippen molar-refractivity contribution in [3.63, 3.8) is 0 Å². The first kappa shape index (κ1) is 12.7. The molecule has 1 aromatic rings. The van der Waals surface area contributed by atoms with E-state index in [-0.39, 0.29) is 5.91 Å². The van der Waals surface area contributed by atoms with E-state index in [2.05, 4.69) is 24.1 Å². The predicted molar refractivity (Wildman–Crippen MR) is 66.4 cm³/mol. The van der Waals surface area contributed by atoms with Gasteiger partial charge in [-0.25, -0.2) is 4.98 Å². The quantitative estimate of drug-likeness (QED) is 0.831. The first-order valence-electron chi connectivity index (χ1n) is 5.58. The van der Waals surface area contributed by atoms with E-state index in [1.54, 1.807) is 0 Å². The summed E-state index contributed by atoms with van der Waals surface area (Å²) in [5.41, 5.74) is 0.784. The Balaban J connectivity index is 2.73. The molecule has 1 amide bonds. The molecular formula is C13H20N2O. The first-order chi connectivity index (χ1) is 7.30. The Morgan fingerprint density at radius 1 is 1.31 bits per heavy atom. The fraction of sp³-hybridized carbons (Fsp3) is 0.538. The Bertz CT molecular complexity index is 361. The van der Waals surface area contributed by atoms with E-state index in [4.69, 9.17) is 0 Å². The minimum Gasteiger partial charge on any atom is -0.310 e. The molecule has 3 nitrogen and oxygen atoms in total. The number of hydrogen-bond acceptors (Lipinski definition) is 2. The van der Waals surface area contributed by atoms with E-state index in [0.29, 0.717) is 11.7 Å². The molecule has 0 fully saturated rings. The summed E-state index contributed by atoms with van der Waals surface area (Å²) >= 11 is 0. The van der Waals surface area contributed by atoms with Gasteiger partial charge in [-0.15, -0.1) is 0 Å². The number of aromatic nitrogens is 1. The highest BCUT2D eigenvalue weighted by molar-refractivity contribution is 5.93. The molecule has 0 spiro atoms. The van der Waals surface area contributed by atoms with Gasteiger partial charge in [0.1, 0.15) is 5.82 Å². The molecule has 0 radical (unpaired) electrons. The van der Waals surface area contributed by atoms with Gasteiger partial charge in [-0.1, -0.05) is 40.7 Å². The summed E-state index contributed by atoms with van der Waals surface area (Å²) in [6.07, 6.45) is 1.81. The summed E-state index contributed by atoms with van der Waals surface area (Å²) < 4.78 is 0. The van der Waals surface area contributed by atoms with Crippen molar-refractivity contribution in [3.05, 3.63) is 23.9 Å². The van der Waals surface area contributed by atoms with Crippen LogP contribution in [-0.4, -0.2) is 10.9 Å². The number of carbonyl (C=O) groups is 1. The third-order valence-electron chi connectivity index (χ3n) is 2.38. The van der Waals surface area contributed by atoms with Crippen molar-refractivity contribution in [2.45, 2.75) is 40.5 Å². The maximum atomic E-state index is 11.7. The summed E-state index contributed by atoms with van der Waals surface area (Å²) in [5.74, 6) is 1.06. The molecule has 1 heterocycles. The predicted octanol–water partition coefficient (Wildman–Crippen LogP) is 3.19. The SMILES string of the molecule is CC(C)c1ccc(NC(=O)C(C)(C)C)nc1. The van der Waals surface area contributed by atoms with Gasteiger partial charge < -0.3 is 5.32 Å². The largest absolute Gasteiger partial charge is 0.310 e. The molecule has 0 bridgehead atoms. The van der Waals surface area contributed by atoms with Crippen LogP contribution in [0.3, 0.4) is 0 Å². The summed E-state index contributed by atoms with van der Waals surface area (Å²) in [4.78, 5) is 15.9. The number of pyridine rings is 1. The number of hydrogen-bond donors (Lipinski definition) is 1. The zero-order valence-electron chi connectivity index (χ0n) is 10.7. The van der Waals surface area contributed by atoms with E-state index >= 15 is 0 Å². The second-order valence-electron chi connectivity index (χ2n) is 5.34. The first-order valence-corrected chi connectivity index (χ1v) is 5.58. The maximum absolute atomic E-state index is 11.7. The van der Waals surface area contributed by atoms with Crippen molar-refractivity contribution in [1.82, 2.24) is 4.98 Å². The zero-order chi connectivity index (χ0) is 12.3. The van der Waals surface area contributed by atoms with Crippen LogP contribution in [0, 0.1) is 5.41 Å². The highest BCUT2D eigenvalue weighted by atomic mass is 16.2. The minimum absolute atomic E-state index is 0.0164. The van der Waals surface area contributed by atoms with Crippen LogP contribution >= 0.6 is 0 Å². The van der Waals surface area contributed by atoms with Crippen LogP contribution in [0.15, 0.2) is 18.3 Å². The fourth-order valence-corrected chi connectivity index (χ4v) is 1.12. The van der Waals surface area contributed by atoms with Crippen LogP contribution in [0.5, 0.6) is 0 Å². The van der Waals surface area contributed by atoms with Crippen molar-refractivity contribution >= 4 is 11.7 Å². The Morgan fingerprint density at radius 3 is 2.31 bits per heavy atom. The van der Waals surface area contributed by atoms with Gasteiger partial charge in [0.15, 0.2) is 0 Å². The van der Waals surface area contributed by atoms with Gasteiger partial charge in [0, 0.05) is 11.6 Å². The van der Waals surface area contributed by atoms with E-state index in [9.17, 15) is 4.79 Å². The number of rotatable bonds is 2. The number of anilines is 1. The summed E-state index contributed by atoms with van der Waals surface area (Å²) in [6.45, 7) is 9.87. The molecule has 1 aromatic heterocycles. The molecule has 1 rings (SSSR count). The molecule has 0 saturated heterocycles. The summed E-state index contributed by atoms with van der Waals surface area (Å²) in [7, 11) is 0. The topological polar surface area (TPSA) is 42.0 Å². The van der Waals surface area contributed by atoms with Crippen LogP contribution in [-0.2, 0) is 4.79 Å². The van der Waals surface area contributed by atoms with Gasteiger partial charge >= 0.3 is 0 Å². The minimum atomic E-state index is -0.390. The Kier molecular flexibility index (Phi) is 3.68. The van der Waals surface area contributed by atoms with Crippen molar-refractivity contribution < 1.29 is 4.79 Å². The van der Waals surface area contributed by atoms with Crippen molar-refractivity contribution in [1.29, 1.82) is 0 Å².